The molecule has 47 heavy (non-hydrogen) atoms. The molecule has 0 aliphatic carbocycles. The highest BCUT2D eigenvalue weighted by molar-refractivity contribution is 6.08. The Morgan fingerprint density at radius 3 is 2.34 bits per heavy atom. The van der Waals surface area contributed by atoms with E-state index in [1.165, 1.54) is 28.4 Å². The average Bonchev–Trinajstić information content (AvgIpc) is 3.44. The number of fused-ring (bicyclic) bond motifs is 2. The Labute approximate surface area is 272 Å². The number of carboxylic acid groups (broad SMARTS) is 1. The van der Waals surface area contributed by atoms with Crippen LogP contribution in [0.1, 0.15) is 35.2 Å². The number of aryl methyl sites for hydroxylation is 1. The van der Waals surface area contributed by atoms with E-state index in [4.69, 9.17) is 29.2 Å². The molecular weight excluding hydrogens is 600 g/mol. The lowest BCUT2D eigenvalue weighted by molar-refractivity contribution is -0.139. The molecule has 242 valence electrons. The van der Waals surface area contributed by atoms with Crippen LogP contribution in [0, 0.1) is 11.3 Å². The lowest BCUT2D eigenvalue weighted by atomic mass is 10.0. The second-order valence-corrected chi connectivity index (χ2v) is 10.9. The molecule has 0 spiro atoms. The van der Waals surface area contributed by atoms with E-state index in [0.29, 0.717) is 58.1 Å². The molecule has 1 atom stereocenters. The van der Waals surface area contributed by atoms with E-state index < -0.39 is 17.9 Å². The number of hydrogen-bond donors (Lipinski definition) is 2. The highest BCUT2D eigenvalue weighted by Gasteiger charge is 2.25. The Balaban J connectivity index is 1.53. The molecule has 0 fully saturated rings. The van der Waals surface area contributed by atoms with E-state index in [-0.39, 0.29) is 12.0 Å². The van der Waals surface area contributed by atoms with Crippen molar-refractivity contribution in [1.82, 2.24) is 14.9 Å². The third-order valence-corrected chi connectivity index (χ3v) is 8.06. The summed E-state index contributed by atoms with van der Waals surface area (Å²) >= 11 is 0. The van der Waals surface area contributed by atoms with Crippen LogP contribution in [0.3, 0.4) is 0 Å². The van der Waals surface area contributed by atoms with Gasteiger partial charge in [-0.25, -0.2) is 9.78 Å². The standard InChI is InChI=1S/C36H36N4O7/c1-44-24-12-13-28-26(19-24)27(20-29(38-28)22-17-32(45-2)34(47-4)33(18-22)46-3)35(41)39-30(36(42)43)16-23-21-40(15-9-5-8-14-37)31-11-7-6-10-25(23)31/h6-7,10-13,17-21,30H,5,8-9,15-16H2,1-4H3,(H,39,41)(H,42,43)/t30-/m1/s1. The first-order valence-corrected chi connectivity index (χ1v) is 15.1. The molecule has 2 heterocycles. The largest absolute Gasteiger partial charge is 0.497 e. The van der Waals surface area contributed by atoms with Gasteiger partial charge in [0.25, 0.3) is 5.91 Å². The van der Waals surface area contributed by atoms with Crippen LogP contribution in [0.5, 0.6) is 23.0 Å². The first-order chi connectivity index (χ1) is 22.8. The van der Waals surface area contributed by atoms with Crippen molar-refractivity contribution in [3.8, 4) is 40.3 Å². The van der Waals surface area contributed by atoms with Gasteiger partial charge in [-0.05, 0) is 60.9 Å². The molecule has 0 saturated carbocycles. The number of hydrogen-bond acceptors (Lipinski definition) is 8. The SMILES string of the molecule is COc1ccc2nc(-c3cc(OC)c(OC)c(OC)c3)cc(C(=O)N[C@H](Cc3cn(CCCCC#N)c4ccccc34)C(=O)O)c2c1. The maximum atomic E-state index is 14.0. The zero-order valence-electron chi connectivity index (χ0n) is 26.7. The van der Waals surface area contributed by atoms with Crippen LogP contribution in [-0.4, -0.2) is 61.0 Å². The van der Waals surface area contributed by atoms with Gasteiger partial charge in [0.05, 0.1) is 51.3 Å². The van der Waals surface area contributed by atoms with Gasteiger partial charge in [-0.15, -0.1) is 0 Å². The Hall–Kier alpha value is -5.76. The summed E-state index contributed by atoms with van der Waals surface area (Å²) in [4.78, 5) is 31.4. The van der Waals surface area contributed by atoms with Crippen molar-refractivity contribution in [2.45, 2.75) is 38.3 Å². The van der Waals surface area contributed by atoms with Crippen LogP contribution in [0.4, 0.5) is 0 Å². The van der Waals surface area contributed by atoms with Crippen molar-refractivity contribution >= 4 is 33.7 Å². The molecule has 5 rings (SSSR count). The van der Waals surface area contributed by atoms with E-state index in [0.717, 1.165) is 29.3 Å². The predicted molar refractivity (Wildman–Crippen MR) is 177 cm³/mol. The molecule has 11 nitrogen and oxygen atoms in total. The fourth-order valence-corrected chi connectivity index (χ4v) is 5.71. The van der Waals surface area contributed by atoms with Crippen LogP contribution in [0.25, 0.3) is 33.1 Å². The van der Waals surface area contributed by atoms with Crippen LogP contribution in [-0.2, 0) is 17.8 Å². The van der Waals surface area contributed by atoms with Crippen molar-refractivity contribution in [3.63, 3.8) is 0 Å². The summed E-state index contributed by atoms with van der Waals surface area (Å²) in [6.45, 7) is 0.695. The van der Waals surface area contributed by atoms with Crippen LogP contribution in [0.2, 0.25) is 0 Å². The molecule has 5 aromatic rings. The maximum absolute atomic E-state index is 14.0. The number of benzene rings is 3. The number of aromatic nitrogens is 2. The van der Waals surface area contributed by atoms with Crippen molar-refractivity contribution in [2.24, 2.45) is 0 Å². The van der Waals surface area contributed by atoms with E-state index in [2.05, 4.69) is 16.0 Å². The second-order valence-electron chi connectivity index (χ2n) is 10.9. The van der Waals surface area contributed by atoms with Crippen molar-refractivity contribution in [2.75, 3.05) is 28.4 Å². The first-order valence-electron chi connectivity index (χ1n) is 15.1. The molecule has 11 heteroatoms. The number of ether oxygens (including phenoxy) is 4. The molecule has 0 unspecified atom stereocenters. The quantitative estimate of drug-likeness (QED) is 0.140. The molecule has 3 aromatic carbocycles. The van der Waals surface area contributed by atoms with Gasteiger partial charge < -0.3 is 33.9 Å². The molecule has 0 radical (unpaired) electrons. The van der Waals surface area contributed by atoms with Crippen LogP contribution >= 0.6 is 0 Å². The molecule has 0 bridgehead atoms. The van der Waals surface area contributed by atoms with Gasteiger partial charge in [0.15, 0.2) is 11.5 Å². The van der Waals surface area contributed by atoms with Gasteiger partial charge in [0.2, 0.25) is 5.75 Å². The Kier molecular flexibility index (Phi) is 10.1. The van der Waals surface area contributed by atoms with Crippen molar-refractivity contribution < 1.29 is 33.6 Å². The maximum Gasteiger partial charge on any atom is 0.326 e. The molecular formula is C36H36N4O7. The molecule has 0 aliphatic rings. The van der Waals surface area contributed by atoms with Gasteiger partial charge in [-0.1, -0.05) is 18.2 Å². The second kappa shape index (κ2) is 14.6. The molecule has 0 aliphatic heterocycles. The highest BCUT2D eigenvalue weighted by atomic mass is 16.5. The molecule has 2 N–H and O–H groups in total. The zero-order valence-corrected chi connectivity index (χ0v) is 26.7. The number of carboxylic acids is 1. The van der Waals surface area contributed by atoms with Gasteiger partial charge in [0, 0.05) is 47.4 Å². The number of pyridine rings is 1. The van der Waals surface area contributed by atoms with E-state index in [1.54, 1.807) is 36.4 Å². The Bertz CT molecular complexity index is 1950. The number of para-hydroxylation sites is 1. The summed E-state index contributed by atoms with van der Waals surface area (Å²) in [5.74, 6) is 0.0255. The third kappa shape index (κ3) is 6.92. The summed E-state index contributed by atoms with van der Waals surface area (Å²) in [6, 6.07) is 19.0. The summed E-state index contributed by atoms with van der Waals surface area (Å²) in [5.41, 5.74) is 3.55. The number of unbranched alkanes of at least 4 members (excludes halogenated alkanes) is 2. The van der Waals surface area contributed by atoms with Gasteiger partial charge in [-0.3, -0.25) is 4.79 Å². The number of amides is 1. The van der Waals surface area contributed by atoms with Crippen molar-refractivity contribution in [1.29, 1.82) is 5.26 Å². The smallest absolute Gasteiger partial charge is 0.326 e. The summed E-state index contributed by atoms with van der Waals surface area (Å²) < 4.78 is 24.0. The third-order valence-electron chi connectivity index (χ3n) is 8.06. The highest BCUT2D eigenvalue weighted by Crippen LogP contribution is 2.41. The minimum absolute atomic E-state index is 0.0683. The molecule has 2 aromatic heterocycles. The lowest BCUT2D eigenvalue weighted by Crippen LogP contribution is -2.42. The fraction of sp³-hybridized carbons (Fsp3) is 0.278. The van der Waals surface area contributed by atoms with Gasteiger partial charge in [0.1, 0.15) is 11.8 Å². The summed E-state index contributed by atoms with van der Waals surface area (Å²) in [6.07, 6.45) is 4.08. The van der Waals surface area contributed by atoms with E-state index in [9.17, 15) is 14.7 Å². The number of nitriles is 1. The lowest BCUT2D eigenvalue weighted by Gasteiger charge is -2.17. The van der Waals surface area contributed by atoms with E-state index in [1.807, 2.05) is 30.5 Å². The Morgan fingerprint density at radius 1 is 0.936 bits per heavy atom. The topological polar surface area (TPSA) is 145 Å². The van der Waals surface area contributed by atoms with Crippen LogP contribution < -0.4 is 24.3 Å². The fourth-order valence-electron chi connectivity index (χ4n) is 5.71. The first kappa shape index (κ1) is 32.6. The number of nitrogens with zero attached hydrogens (tertiary/aromatic N) is 3. The summed E-state index contributed by atoms with van der Waals surface area (Å²) in [5, 5.41) is 23.3. The number of aliphatic carboxylic acids is 1. The predicted octanol–water partition coefficient (Wildman–Crippen LogP) is 6.01. The normalized spacial score (nSPS) is 11.6. The Morgan fingerprint density at radius 2 is 1.68 bits per heavy atom. The van der Waals surface area contributed by atoms with Crippen molar-refractivity contribution in [3.05, 3.63) is 78.0 Å². The van der Waals surface area contributed by atoms with Gasteiger partial charge >= 0.3 is 5.97 Å². The number of carbonyl (C=O) groups excluding carboxylic acids is 1. The van der Waals surface area contributed by atoms with E-state index >= 15 is 0 Å². The zero-order chi connectivity index (χ0) is 33.5. The van der Waals surface area contributed by atoms with Gasteiger partial charge in [-0.2, -0.15) is 5.26 Å². The number of methoxy groups -OCH3 is 4. The molecule has 1 amide bonds. The minimum atomic E-state index is -1.22. The number of rotatable bonds is 14. The minimum Gasteiger partial charge on any atom is -0.497 e. The molecule has 0 saturated heterocycles. The number of carbonyl (C=O) groups is 2. The monoisotopic (exact) mass is 636 g/mol. The average molecular weight is 637 g/mol. The number of nitrogens with one attached hydrogen (secondary N) is 1. The van der Waals surface area contributed by atoms with Crippen LogP contribution in [0.15, 0.2) is 66.9 Å². The summed E-state index contributed by atoms with van der Waals surface area (Å²) in [7, 11) is 6.06.